The molecule has 3 rings (SSSR count). The minimum Gasteiger partial charge on any atom is -0.327 e. The van der Waals surface area contributed by atoms with E-state index in [1.807, 2.05) is 0 Å². The highest BCUT2D eigenvalue weighted by Gasteiger charge is 2.35. The average Bonchev–Trinajstić information content (AvgIpc) is 3.17. The first-order chi connectivity index (χ1) is 13.0. The highest BCUT2D eigenvalue weighted by Crippen LogP contribution is 2.26. The number of hydrogen-bond acceptors (Lipinski definition) is 4. The molecule has 1 aliphatic heterocycles. The summed E-state index contributed by atoms with van der Waals surface area (Å²) in [5.41, 5.74) is 5.25. The van der Waals surface area contributed by atoms with E-state index in [2.05, 4.69) is 15.8 Å². The summed E-state index contributed by atoms with van der Waals surface area (Å²) >= 11 is 12.0. The SMILES string of the molecule is O=C(NNC(=O)C1CCCN1C(=O)c1cc(Cl)ccc1Cl)c1cccnc1. The van der Waals surface area contributed by atoms with E-state index < -0.39 is 17.9 Å². The maximum atomic E-state index is 12.8. The number of likely N-dealkylation sites (tertiary alicyclic amines) is 1. The minimum absolute atomic E-state index is 0.239. The Labute approximate surface area is 165 Å². The van der Waals surface area contributed by atoms with E-state index in [0.717, 1.165) is 0 Å². The maximum Gasteiger partial charge on any atom is 0.271 e. The van der Waals surface area contributed by atoms with Crippen LogP contribution in [0.15, 0.2) is 42.7 Å². The van der Waals surface area contributed by atoms with Gasteiger partial charge in [0.25, 0.3) is 17.7 Å². The van der Waals surface area contributed by atoms with Crippen molar-refractivity contribution in [3.8, 4) is 0 Å². The van der Waals surface area contributed by atoms with Crippen molar-refractivity contribution in [3.63, 3.8) is 0 Å². The molecule has 1 aliphatic rings. The third kappa shape index (κ3) is 4.37. The Morgan fingerprint density at radius 2 is 1.96 bits per heavy atom. The molecule has 0 spiro atoms. The van der Waals surface area contributed by atoms with Crippen molar-refractivity contribution in [1.82, 2.24) is 20.7 Å². The molecule has 1 saturated heterocycles. The topological polar surface area (TPSA) is 91.4 Å². The number of carbonyl (C=O) groups excluding carboxylic acids is 3. The van der Waals surface area contributed by atoms with E-state index in [4.69, 9.17) is 23.2 Å². The number of pyridine rings is 1. The van der Waals surface area contributed by atoms with Crippen LogP contribution in [0.5, 0.6) is 0 Å². The molecule has 2 aromatic rings. The number of carbonyl (C=O) groups is 3. The van der Waals surface area contributed by atoms with Crippen molar-refractivity contribution in [3.05, 3.63) is 63.9 Å². The smallest absolute Gasteiger partial charge is 0.271 e. The van der Waals surface area contributed by atoms with Crippen LogP contribution in [0.2, 0.25) is 10.0 Å². The second-order valence-corrected chi connectivity index (χ2v) is 6.81. The van der Waals surface area contributed by atoms with Crippen LogP contribution < -0.4 is 10.9 Å². The van der Waals surface area contributed by atoms with Gasteiger partial charge in [0.1, 0.15) is 6.04 Å². The van der Waals surface area contributed by atoms with Crippen LogP contribution in [0.4, 0.5) is 0 Å². The zero-order chi connectivity index (χ0) is 19.4. The van der Waals surface area contributed by atoms with Crippen LogP contribution in [0.1, 0.15) is 33.6 Å². The Kier molecular flexibility index (Phi) is 5.93. The summed E-state index contributed by atoms with van der Waals surface area (Å²) in [5, 5.41) is 0.645. The molecule has 1 unspecified atom stereocenters. The number of hydrogen-bond donors (Lipinski definition) is 2. The molecule has 0 radical (unpaired) electrons. The highest BCUT2D eigenvalue weighted by atomic mass is 35.5. The molecule has 1 aromatic carbocycles. The molecule has 140 valence electrons. The standard InChI is InChI=1S/C18H16Cl2N4O3/c19-12-5-6-14(20)13(9-12)18(27)24-8-2-4-15(24)17(26)23-22-16(25)11-3-1-7-21-10-11/h1,3,5-7,9-10,15H,2,4,8H2,(H,22,25)(H,23,26). The van der Waals surface area contributed by atoms with Crippen molar-refractivity contribution >= 4 is 40.9 Å². The van der Waals surface area contributed by atoms with Crippen molar-refractivity contribution in [2.45, 2.75) is 18.9 Å². The predicted molar refractivity (Wildman–Crippen MR) is 100 cm³/mol. The fraction of sp³-hybridized carbons (Fsp3) is 0.222. The Hall–Kier alpha value is -2.64. The number of hydrazine groups is 1. The lowest BCUT2D eigenvalue weighted by Gasteiger charge is -2.24. The van der Waals surface area contributed by atoms with Crippen LogP contribution in [-0.4, -0.2) is 40.2 Å². The van der Waals surface area contributed by atoms with Gasteiger partial charge in [-0.2, -0.15) is 0 Å². The quantitative estimate of drug-likeness (QED) is 0.765. The molecule has 3 amide bonds. The zero-order valence-electron chi connectivity index (χ0n) is 14.1. The lowest BCUT2D eigenvalue weighted by molar-refractivity contribution is -0.125. The second-order valence-electron chi connectivity index (χ2n) is 5.97. The van der Waals surface area contributed by atoms with Crippen molar-refractivity contribution in [2.75, 3.05) is 6.54 Å². The summed E-state index contributed by atoms with van der Waals surface area (Å²) in [6.07, 6.45) is 4.07. The van der Waals surface area contributed by atoms with Gasteiger partial charge < -0.3 is 4.90 Å². The number of nitrogens with one attached hydrogen (secondary N) is 2. The van der Waals surface area contributed by atoms with Crippen molar-refractivity contribution < 1.29 is 14.4 Å². The van der Waals surface area contributed by atoms with Gasteiger partial charge in [-0.15, -0.1) is 0 Å². The number of benzene rings is 1. The number of amides is 3. The molecule has 2 N–H and O–H groups in total. The lowest BCUT2D eigenvalue weighted by Crippen LogP contribution is -2.51. The molecule has 0 bridgehead atoms. The van der Waals surface area contributed by atoms with Crippen molar-refractivity contribution in [2.24, 2.45) is 0 Å². The van der Waals surface area contributed by atoms with Crippen LogP contribution in [0.25, 0.3) is 0 Å². The minimum atomic E-state index is -0.707. The molecular formula is C18H16Cl2N4O3. The molecule has 2 heterocycles. The molecule has 0 saturated carbocycles. The third-order valence-corrected chi connectivity index (χ3v) is 4.76. The Balaban J connectivity index is 1.66. The van der Waals surface area contributed by atoms with Gasteiger partial charge >= 0.3 is 0 Å². The molecule has 7 nitrogen and oxygen atoms in total. The Morgan fingerprint density at radius 1 is 1.15 bits per heavy atom. The fourth-order valence-electron chi connectivity index (χ4n) is 2.87. The lowest BCUT2D eigenvalue weighted by atomic mass is 10.1. The number of aromatic nitrogens is 1. The van der Waals surface area contributed by atoms with Crippen LogP contribution in [0, 0.1) is 0 Å². The third-order valence-electron chi connectivity index (χ3n) is 4.20. The monoisotopic (exact) mass is 406 g/mol. The van der Waals surface area contributed by atoms with Crippen LogP contribution in [0.3, 0.4) is 0 Å². The normalized spacial score (nSPS) is 16.1. The molecule has 9 heteroatoms. The highest BCUT2D eigenvalue weighted by molar-refractivity contribution is 6.35. The van der Waals surface area contributed by atoms with E-state index in [1.165, 1.54) is 23.2 Å². The molecule has 27 heavy (non-hydrogen) atoms. The van der Waals surface area contributed by atoms with Crippen molar-refractivity contribution in [1.29, 1.82) is 0 Å². The van der Waals surface area contributed by atoms with Gasteiger partial charge in [-0.1, -0.05) is 23.2 Å². The van der Waals surface area contributed by atoms with Gasteiger partial charge in [-0.25, -0.2) is 0 Å². The summed E-state index contributed by atoms with van der Waals surface area (Å²) in [6, 6.07) is 7.08. The van der Waals surface area contributed by atoms with Crippen LogP contribution in [-0.2, 0) is 4.79 Å². The molecule has 0 aliphatic carbocycles. The second kappa shape index (κ2) is 8.37. The van der Waals surface area contributed by atoms with E-state index in [1.54, 1.807) is 24.4 Å². The van der Waals surface area contributed by atoms with Gasteiger partial charge in [0.05, 0.1) is 16.1 Å². The first kappa shape index (κ1) is 19.1. The number of halogens is 2. The summed E-state index contributed by atoms with van der Waals surface area (Å²) in [6.45, 7) is 0.413. The number of rotatable bonds is 3. The average molecular weight is 407 g/mol. The Bertz CT molecular complexity index is 876. The van der Waals surface area contributed by atoms with Gasteiger partial charge in [-0.3, -0.25) is 30.2 Å². The molecule has 1 fully saturated rings. The first-order valence-electron chi connectivity index (χ1n) is 8.23. The Morgan fingerprint density at radius 3 is 2.70 bits per heavy atom. The number of nitrogens with zero attached hydrogens (tertiary/aromatic N) is 2. The molecular weight excluding hydrogens is 391 g/mol. The first-order valence-corrected chi connectivity index (χ1v) is 8.99. The summed E-state index contributed by atoms with van der Waals surface area (Å²) in [4.78, 5) is 42.6. The summed E-state index contributed by atoms with van der Waals surface area (Å²) in [5.74, 6) is -1.35. The predicted octanol–water partition coefficient (Wildman–Crippen LogP) is 2.45. The summed E-state index contributed by atoms with van der Waals surface area (Å²) < 4.78 is 0. The van der Waals surface area contributed by atoms with Crippen LogP contribution >= 0.6 is 23.2 Å². The molecule has 1 atom stereocenters. The van der Waals surface area contributed by atoms with Gasteiger partial charge in [0.15, 0.2) is 0 Å². The fourth-order valence-corrected chi connectivity index (χ4v) is 3.24. The largest absolute Gasteiger partial charge is 0.327 e. The maximum absolute atomic E-state index is 12.8. The zero-order valence-corrected chi connectivity index (χ0v) is 15.6. The van der Waals surface area contributed by atoms with Gasteiger partial charge in [-0.05, 0) is 43.2 Å². The van der Waals surface area contributed by atoms with Gasteiger partial charge in [0.2, 0.25) is 0 Å². The van der Waals surface area contributed by atoms with Gasteiger partial charge in [0, 0.05) is 24.0 Å². The van der Waals surface area contributed by atoms with E-state index >= 15 is 0 Å². The molecule has 1 aromatic heterocycles. The summed E-state index contributed by atoms with van der Waals surface area (Å²) in [7, 11) is 0. The van der Waals surface area contributed by atoms with E-state index in [9.17, 15) is 14.4 Å². The van der Waals surface area contributed by atoms with E-state index in [-0.39, 0.29) is 16.5 Å². The van der Waals surface area contributed by atoms with E-state index in [0.29, 0.717) is 30.0 Å².